The third-order valence-electron chi connectivity index (χ3n) is 5.25. The van der Waals surface area contributed by atoms with Crippen molar-refractivity contribution < 1.29 is 28.5 Å². The standard InChI is InChI=1S/C23H26N2O6/c1-5-29-17-8-13(6-7-16(17)30-12-19(27)28-4)20-14(11-24)22(25)31-18-10-23(2,3)9-15(26)21(18)20/h6-8,20H,5,9-10,12,25H2,1-4H3. The second-order valence-corrected chi connectivity index (χ2v) is 8.21. The van der Waals surface area contributed by atoms with E-state index in [-0.39, 0.29) is 29.3 Å². The van der Waals surface area contributed by atoms with Gasteiger partial charge < -0.3 is 24.7 Å². The molecule has 31 heavy (non-hydrogen) atoms. The molecular weight excluding hydrogens is 400 g/mol. The maximum absolute atomic E-state index is 13.1. The van der Waals surface area contributed by atoms with Crippen molar-refractivity contribution in [3.05, 3.63) is 46.6 Å². The lowest BCUT2D eigenvalue weighted by molar-refractivity contribution is -0.142. The lowest BCUT2D eigenvalue weighted by Gasteiger charge is -2.37. The van der Waals surface area contributed by atoms with Crippen molar-refractivity contribution in [2.45, 2.75) is 39.5 Å². The van der Waals surface area contributed by atoms with Crippen molar-refractivity contribution in [3.8, 4) is 17.6 Å². The zero-order valence-electron chi connectivity index (χ0n) is 18.1. The van der Waals surface area contributed by atoms with E-state index in [1.54, 1.807) is 18.2 Å². The lowest BCUT2D eigenvalue weighted by atomic mass is 9.70. The summed E-state index contributed by atoms with van der Waals surface area (Å²) in [4.78, 5) is 24.5. The van der Waals surface area contributed by atoms with Crippen LogP contribution in [0.1, 0.15) is 45.1 Å². The van der Waals surface area contributed by atoms with Gasteiger partial charge in [0.05, 0.1) is 19.6 Å². The van der Waals surface area contributed by atoms with Gasteiger partial charge in [-0.05, 0) is 30.0 Å². The zero-order valence-corrected chi connectivity index (χ0v) is 18.1. The fraction of sp³-hybridized carbons (Fsp3) is 0.435. The predicted octanol–water partition coefficient (Wildman–Crippen LogP) is 3.09. The minimum absolute atomic E-state index is 0.000674. The van der Waals surface area contributed by atoms with Gasteiger partial charge in [-0.25, -0.2) is 4.79 Å². The van der Waals surface area contributed by atoms with Gasteiger partial charge in [0.2, 0.25) is 5.88 Å². The van der Waals surface area contributed by atoms with Gasteiger partial charge in [-0.15, -0.1) is 0 Å². The van der Waals surface area contributed by atoms with E-state index in [1.807, 2.05) is 20.8 Å². The number of ether oxygens (including phenoxy) is 4. The summed E-state index contributed by atoms with van der Waals surface area (Å²) < 4.78 is 21.5. The fourth-order valence-electron chi connectivity index (χ4n) is 3.91. The van der Waals surface area contributed by atoms with Crippen molar-refractivity contribution >= 4 is 11.8 Å². The van der Waals surface area contributed by atoms with E-state index in [0.717, 1.165) is 0 Å². The van der Waals surface area contributed by atoms with Gasteiger partial charge in [-0.2, -0.15) is 5.26 Å². The van der Waals surface area contributed by atoms with Crippen LogP contribution in [0, 0.1) is 16.7 Å². The highest BCUT2D eigenvalue weighted by Gasteiger charge is 2.43. The molecular formula is C23H26N2O6. The maximum Gasteiger partial charge on any atom is 0.343 e. The van der Waals surface area contributed by atoms with E-state index in [4.69, 9.17) is 19.9 Å². The quantitative estimate of drug-likeness (QED) is 0.689. The number of nitriles is 1. The van der Waals surface area contributed by atoms with E-state index in [1.165, 1.54) is 7.11 Å². The summed E-state index contributed by atoms with van der Waals surface area (Å²) >= 11 is 0. The third-order valence-corrected chi connectivity index (χ3v) is 5.25. The number of carbonyl (C=O) groups excluding carboxylic acids is 2. The smallest absolute Gasteiger partial charge is 0.343 e. The van der Waals surface area contributed by atoms with E-state index >= 15 is 0 Å². The van der Waals surface area contributed by atoms with Gasteiger partial charge in [0, 0.05) is 18.4 Å². The highest BCUT2D eigenvalue weighted by molar-refractivity contribution is 6.00. The molecule has 1 aliphatic carbocycles. The van der Waals surface area contributed by atoms with Crippen LogP contribution in [-0.4, -0.2) is 32.1 Å². The molecule has 2 N–H and O–H groups in total. The van der Waals surface area contributed by atoms with Crippen molar-refractivity contribution in [1.29, 1.82) is 5.26 Å². The van der Waals surface area contributed by atoms with Crippen LogP contribution in [0.4, 0.5) is 0 Å². The van der Waals surface area contributed by atoms with E-state index in [2.05, 4.69) is 10.8 Å². The largest absolute Gasteiger partial charge is 0.490 e. The summed E-state index contributed by atoms with van der Waals surface area (Å²) in [6.45, 7) is 5.89. The second kappa shape index (κ2) is 8.72. The molecule has 0 fully saturated rings. The Bertz CT molecular complexity index is 1020. The molecule has 3 rings (SSSR count). The number of rotatable bonds is 6. The molecule has 0 amide bonds. The molecule has 164 valence electrons. The molecule has 0 bridgehead atoms. The Morgan fingerprint density at radius 1 is 1.29 bits per heavy atom. The first-order chi connectivity index (χ1) is 14.7. The zero-order chi connectivity index (χ0) is 22.8. The van der Waals surface area contributed by atoms with Gasteiger partial charge in [0.15, 0.2) is 23.9 Å². The molecule has 2 aliphatic rings. The highest BCUT2D eigenvalue weighted by Crippen LogP contribution is 2.48. The number of nitrogens with zero attached hydrogens (tertiary/aromatic N) is 1. The Labute approximate surface area is 181 Å². The van der Waals surface area contributed by atoms with Gasteiger partial charge in [0.25, 0.3) is 0 Å². The number of carbonyl (C=O) groups is 2. The molecule has 1 unspecified atom stereocenters. The monoisotopic (exact) mass is 426 g/mol. The summed E-state index contributed by atoms with van der Waals surface area (Å²) in [5.74, 6) is -0.0105. The molecule has 1 atom stereocenters. The summed E-state index contributed by atoms with van der Waals surface area (Å²) in [5, 5.41) is 9.76. The minimum Gasteiger partial charge on any atom is -0.490 e. The molecule has 0 radical (unpaired) electrons. The molecule has 0 aromatic heterocycles. The Morgan fingerprint density at radius 2 is 2.03 bits per heavy atom. The van der Waals surface area contributed by atoms with Crippen LogP contribution in [0.15, 0.2) is 41.0 Å². The number of hydrogen-bond donors (Lipinski definition) is 1. The van der Waals surface area contributed by atoms with Crippen LogP contribution in [0.25, 0.3) is 0 Å². The second-order valence-electron chi connectivity index (χ2n) is 8.21. The van der Waals surface area contributed by atoms with Crippen LogP contribution >= 0.6 is 0 Å². The molecule has 0 saturated heterocycles. The first-order valence-corrected chi connectivity index (χ1v) is 10.0. The number of esters is 1. The van der Waals surface area contributed by atoms with Gasteiger partial charge in [0.1, 0.15) is 17.4 Å². The number of hydrogen-bond acceptors (Lipinski definition) is 8. The Hall–Kier alpha value is -3.47. The van der Waals surface area contributed by atoms with Crippen molar-refractivity contribution in [2.24, 2.45) is 11.1 Å². The maximum atomic E-state index is 13.1. The van der Waals surface area contributed by atoms with E-state index in [9.17, 15) is 14.9 Å². The molecule has 0 spiro atoms. The van der Waals surface area contributed by atoms with E-state index in [0.29, 0.717) is 47.8 Å². The van der Waals surface area contributed by atoms with Crippen LogP contribution < -0.4 is 15.2 Å². The topological polar surface area (TPSA) is 121 Å². The normalized spacial score (nSPS) is 19.8. The Morgan fingerprint density at radius 3 is 2.68 bits per heavy atom. The first-order valence-electron chi connectivity index (χ1n) is 10.0. The summed E-state index contributed by atoms with van der Waals surface area (Å²) in [6, 6.07) is 7.17. The van der Waals surface area contributed by atoms with Gasteiger partial charge >= 0.3 is 5.97 Å². The van der Waals surface area contributed by atoms with Gasteiger partial charge in [-0.1, -0.05) is 19.9 Å². The molecule has 1 aliphatic heterocycles. The average molecular weight is 426 g/mol. The number of Topliss-reactive ketones (excluding diaryl/α,β-unsaturated/α-hetero) is 1. The van der Waals surface area contributed by atoms with Crippen LogP contribution in [0.2, 0.25) is 0 Å². The summed E-state index contributed by atoms with van der Waals surface area (Å²) in [7, 11) is 1.28. The van der Waals surface area contributed by atoms with Crippen molar-refractivity contribution in [2.75, 3.05) is 20.3 Å². The van der Waals surface area contributed by atoms with E-state index < -0.39 is 11.9 Å². The van der Waals surface area contributed by atoms with Crippen LogP contribution in [0.3, 0.4) is 0 Å². The first kappa shape index (κ1) is 22.2. The molecule has 8 heteroatoms. The number of benzene rings is 1. The molecule has 1 aromatic rings. The van der Waals surface area contributed by atoms with Crippen LogP contribution in [0.5, 0.6) is 11.5 Å². The summed E-state index contributed by atoms with van der Waals surface area (Å²) in [6.07, 6.45) is 0.894. The lowest BCUT2D eigenvalue weighted by Crippen LogP contribution is -2.33. The third kappa shape index (κ3) is 4.50. The Kier molecular flexibility index (Phi) is 6.25. The molecule has 1 heterocycles. The average Bonchev–Trinajstić information content (AvgIpc) is 2.70. The minimum atomic E-state index is -0.661. The number of allylic oxidation sites excluding steroid dienone is 3. The van der Waals surface area contributed by atoms with Crippen molar-refractivity contribution in [3.63, 3.8) is 0 Å². The predicted molar refractivity (Wildman–Crippen MR) is 111 cm³/mol. The number of methoxy groups -OCH3 is 1. The summed E-state index contributed by atoms with van der Waals surface area (Å²) in [5.41, 5.74) is 7.09. The highest BCUT2D eigenvalue weighted by atomic mass is 16.6. The number of ketones is 1. The molecule has 1 aromatic carbocycles. The van der Waals surface area contributed by atoms with Gasteiger partial charge in [-0.3, -0.25) is 4.79 Å². The molecule has 0 saturated carbocycles. The fourth-order valence-corrected chi connectivity index (χ4v) is 3.91. The van der Waals surface area contributed by atoms with Crippen LogP contribution in [-0.2, 0) is 19.1 Å². The van der Waals surface area contributed by atoms with Crippen molar-refractivity contribution in [1.82, 2.24) is 0 Å². The molecule has 8 nitrogen and oxygen atoms in total. The Balaban J connectivity index is 2.07. The number of nitrogens with two attached hydrogens (primary N) is 1. The SMILES string of the molecule is CCOc1cc(C2C(C#N)=C(N)OC3=C2C(=O)CC(C)(C)C3)ccc1OCC(=O)OC.